The summed E-state index contributed by atoms with van der Waals surface area (Å²) < 4.78 is 1.03. The van der Waals surface area contributed by atoms with Crippen molar-refractivity contribution in [1.29, 1.82) is 0 Å². The minimum absolute atomic E-state index is 0.256. The fraction of sp³-hybridized carbons (Fsp3) is 0.0833. The second kappa shape index (κ2) is 5.41. The van der Waals surface area contributed by atoms with Crippen LogP contribution in [0.3, 0.4) is 0 Å². The van der Waals surface area contributed by atoms with Crippen molar-refractivity contribution in [3.05, 3.63) is 46.2 Å². The first-order valence-electron chi connectivity index (χ1n) is 5.23. The fourth-order valence-electron chi connectivity index (χ4n) is 1.42. The quantitative estimate of drug-likeness (QED) is 0.851. The van der Waals surface area contributed by atoms with Crippen LogP contribution in [0.15, 0.2) is 34.9 Å². The molecule has 18 heavy (non-hydrogen) atoms. The number of thiocarbonyl (C=S) groups is 1. The highest BCUT2D eigenvalue weighted by molar-refractivity contribution is 9.10. The predicted octanol–water partition coefficient (Wildman–Crippen LogP) is 2.93. The van der Waals surface area contributed by atoms with Crippen LogP contribution in [0, 0.1) is 6.92 Å². The Morgan fingerprint density at radius 2 is 2.17 bits per heavy atom. The summed E-state index contributed by atoms with van der Waals surface area (Å²) in [6, 6.07) is 7.56. The van der Waals surface area contributed by atoms with Crippen molar-refractivity contribution in [2.45, 2.75) is 6.92 Å². The van der Waals surface area contributed by atoms with Crippen LogP contribution in [0.25, 0.3) is 0 Å². The number of rotatable bonds is 3. The lowest BCUT2D eigenvalue weighted by Crippen LogP contribution is -2.13. The predicted molar refractivity (Wildman–Crippen MR) is 80.1 cm³/mol. The van der Waals surface area contributed by atoms with Gasteiger partial charge in [-0.3, -0.25) is 0 Å². The van der Waals surface area contributed by atoms with E-state index in [-0.39, 0.29) is 4.99 Å². The monoisotopic (exact) mass is 322 g/mol. The van der Waals surface area contributed by atoms with Crippen molar-refractivity contribution < 1.29 is 0 Å². The van der Waals surface area contributed by atoms with E-state index in [9.17, 15) is 0 Å². The van der Waals surface area contributed by atoms with Crippen LogP contribution in [-0.2, 0) is 0 Å². The molecule has 4 nitrogen and oxygen atoms in total. The first kappa shape index (κ1) is 12.9. The van der Waals surface area contributed by atoms with Gasteiger partial charge in [0, 0.05) is 16.4 Å². The van der Waals surface area contributed by atoms with E-state index in [4.69, 9.17) is 18.0 Å². The molecule has 0 amide bonds. The van der Waals surface area contributed by atoms with Gasteiger partial charge in [0.05, 0.1) is 0 Å². The summed E-state index contributed by atoms with van der Waals surface area (Å²) in [6.07, 6.45) is 1.62. The fourth-order valence-corrected chi connectivity index (χ4v) is 1.90. The van der Waals surface area contributed by atoms with Crippen LogP contribution in [-0.4, -0.2) is 15.0 Å². The Morgan fingerprint density at radius 3 is 2.89 bits per heavy atom. The molecule has 0 aliphatic carbocycles. The van der Waals surface area contributed by atoms with Gasteiger partial charge in [0.2, 0.25) is 5.95 Å². The van der Waals surface area contributed by atoms with Crippen LogP contribution in [0.1, 0.15) is 11.3 Å². The molecule has 0 saturated carbocycles. The maximum Gasteiger partial charge on any atom is 0.227 e. The van der Waals surface area contributed by atoms with Crippen LogP contribution in [0.2, 0.25) is 0 Å². The topological polar surface area (TPSA) is 63.8 Å². The molecular formula is C12H11BrN4S. The molecule has 0 fully saturated rings. The Hall–Kier alpha value is -1.53. The van der Waals surface area contributed by atoms with Gasteiger partial charge >= 0.3 is 0 Å². The number of nitrogens with two attached hydrogens (primary N) is 1. The Kier molecular flexibility index (Phi) is 3.88. The van der Waals surface area contributed by atoms with E-state index in [2.05, 4.69) is 31.2 Å². The molecule has 0 unspecified atom stereocenters. The van der Waals surface area contributed by atoms with Gasteiger partial charge in [-0.15, -0.1) is 0 Å². The second-order valence-corrected chi connectivity index (χ2v) is 4.96. The summed E-state index contributed by atoms with van der Waals surface area (Å²) in [7, 11) is 0. The van der Waals surface area contributed by atoms with Crippen molar-refractivity contribution in [1.82, 2.24) is 9.97 Å². The standard InChI is InChI=1S/C12H11BrN4S/c1-7-8(13)3-2-4-9(7)16-12-15-6-5-10(17-12)11(14)18/h2-6H,1H3,(H2,14,18)(H,15,16,17). The van der Waals surface area contributed by atoms with Crippen molar-refractivity contribution in [3.63, 3.8) is 0 Å². The van der Waals surface area contributed by atoms with E-state index < -0.39 is 0 Å². The zero-order valence-corrected chi connectivity index (χ0v) is 12.0. The summed E-state index contributed by atoms with van der Waals surface area (Å²) in [5, 5.41) is 3.14. The summed E-state index contributed by atoms with van der Waals surface area (Å²) in [5.74, 6) is 0.474. The maximum atomic E-state index is 5.54. The Morgan fingerprint density at radius 1 is 1.39 bits per heavy atom. The highest BCUT2D eigenvalue weighted by Gasteiger charge is 2.05. The van der Waals surface area contributed by atoms with Crippen LogP contribution in [0.4, 0.5) is 11.6 Å². The van der Waals surface area contributed by atoms with Gasteiger partial charge in [0.25, 0.3) is 0 Å². The zero-order valence-electron chi connectivity index (χ0n) is 9.64. The molecule has 0 aliphatic rings. The highest BCUT2D eigenvalue weighted by atomic mass is 79.9. The summed E-state index contributed by atoms with van der Waals surface area (Å²) in [4.78, 5) is 8.63. The minimum Gasteiger partial charge on any atom is -0.388 e. The van der Waals surface area contributed by atoms with Gasteiger partial charge in [-0.2, -0.15) is 0 Å². The Balaban J connectivity index is 2.31. The average molecular weight is 323 g/mol. The Bertz CT molecular complexity index is 600. The Labute approximate surface area is 119 Å². The van der Waals surface area contributed by atoms with Gasteiger partial charge in [0.15, 0.2) is 0 Å². The molecule has 1 aromatic carbocycles. The molecule has 0 saturated heterocycles. The molecule has 92 valence electrons. The molecule has 2 rings (SSSR count). The number of aromatic nitrogens is 2. The first-order valence-corrected chi connectivity index (χ1v) is 6.43. The van der Waals surface area contributed by atoms with Gasteiger partial charge < -0.3 is 11.1 Å². The molecule has 0 atom stereocenters. The smallest absolute Gasteiger partial charge is 0.227 e. The number of anilines is 2. The number of halogens is 1. The van der Waals surface area contributed by atoms with Crippen molar-refractivity contribution in [2.75, 3.05) is 5.32 Å². The van der Waals surface area contributed by atoms with Crippen molar-refractivity contribution >= 4 is 44.8 Å². The van der Waals surface area contributed by atoms with Gasteiger partial charge in [-0.25, -0.2) is 9.97 Å². The van der Waals surface area contributed by atoms with E-state index in [1.165, 1.54) is 0 Å². The lowest BCUT2D eigenvalue weighted by Gasteiger charge is -2.09. The average Bonchev–Trinajstić information content (AvgIpc) is 2.35. The van der Waals surface area contributed by atoms with Crippen molar-refractivity contribution in [2.24, 2.45) is 5.73 Å². The highest BCUT2D eigenvalue weighted by Crippen LogP contribution is 2.25. The van der Waals surface area contributed by atoms with E-state index in [0.29, 0.717) is 11.6 Å². The minimum atomic E-state index is 0.256. The summed E-state index contributed by atoms with van der Waals surface area (Å²) in [6.45, 7) is 2.00. The van der Waals surface area contributed by atoms with Gasteiger partial charge in [0.1, 0.15) is 10.7 Å². The van der Waals surface area contributed by atoms with Crippen LogP contribution in [0.5, 0.6) is 0 Å². The molecule has 0 spiro atoms. The number of nitrogens with zero attached hydrogens (tertiary/aromatic N) is 2. The lowest BCUT2D eigenvalue weighted by molar-refractivity contribution is 1.15. The summed E-state index contributed by atoms with van der Waals surface area (Å²) >= 11 is 8.36. The lowest BCUT2D eigenvalue weighted by atomic mass is 10.2. The molecular weight excluding hydrogens is 312 g/mol. The first-order chi connectivity index (χ1) is 8.58. The maximum absolute atomic E-state index is 5.54. The van der Waals surface area contributed by atoms with E-state index in [1.54, 1.807) is 12.3 Å². The molecule has 0 bridgehead atoms. The molecule has 1 heterocycles. The number of nitrogens with one attached hydrogen (secondary N) is 1. The number of hydrogen-bond donors (Lipinski definition) is 2. The third-order valence-corrected chi connectivity index (χ3v) is 3.49. The van der Waals surface area contributed by atoms with E-state index in [0.717, 1.165) is 15.7 Å². The van der Waals surface area contributed by atoms with E-state index >= 15 is 0 Å². The zero-order chi connectivity index (χ0) is 13.1. The van der Waals surface area contributed by atoms with Gasteiger partial charge in [-0.1, -0.05) is 34.2 Å². The molecule has 2 aromatic rings. The SMILES string of the molecule is Cc1c(Br)cccc1Nc1nccc(C(N)=S)n1. The number of benzene rings is 1. The third kappa shape index (κ3) is 2.83. The van der Waals surface area contributed by atoms with Crippen LogP contribution >= 0.6 is 28.1 Å². The van der Waals surface area contributed by atoms with Crippen molar-refractivity contribution in [3.8, 4) is 0 Å². The third-order valence-electron chi connectivity index (χ3n) is 2.42. The van der Waals surface area contributed by atoms with Crippen LogP contribution < -0.4 is 11.1 Å². The molecule has 6 heteroatoms. The van der Waals surface area contributed by atoms with E-state index in [1.807, 2.05) is 25.1 Å². The molecule has 0 radical (unpaired) electrons. The second-order valence-electron chi connectivity index (χ2n) is 3.67. The largest absolute Gasteiger partial charge is 0.388 e. The summed E-state index contributed by atoms with van der Waals surface area (Å²) in [5.41, 5.74) is 8.11. The number of hydrogen-bond acceptors (Lipinski definition) is 4. The molecule has 3 N–H and O–H groups in total. The normalized spacial score (nSPS) is 10.1. The molecule has 1 aromatic heterocycles. The molecule has 0 aliphatic heterocycles. The van der Waals surface area contributed by atoms with Gasteiger partial charge in [-0.05, 0) is 30.7 Å².